The Hall–Kier alpha value is -6.75. The molecule has 0 spiro atoms. The molecule has 0 N–H and O–H groups in total. The van der Waals surface area contributed by atoms with E-state index in [1.54, 1.807) is 0 Å². The monoisotopic (exact) mass is 691 g/mol. The third-order valence-corrected chi connectivity index (χ3v) is 11.7. The van der Waals surface area contributed by atoms with Gasteiger partial charge in [-0.05, 0) is 61.0 Å². The Bertz CT molecular complexity index is 3160. The normalized spacial score (nSPS) is 11.8. The number of benzene rings is 9. The Morgan fingerprint density at radius 1 is 0.302 bits per heavy atom. The van der Waals surface area contributed by atoms with Gasteiger partial charge in [-0.3, -0.25) is 0 Å². The molecule has 4 heteroatoms. The predicted octanol–water partition coefficient (Wildman–Crippen LogP) is 13.5. The van der Waals surface area contributed by atoms with Crippen molar-refractivity contribution in [2.24, 2.45) is 0 Å². The maximum atomic E-state index is 5.11. The second-order valence-electron chi connectivity index (χ2n) is 13.5. The molecule has 0 aliphatic rings. The summed E-state index contributed by atoms with van der Waals surface area (Å²) in [6.45, 7) is 0. The average Bonchev–Trinajstić information content (AvgIpc) is 3.64. The van der Waals surface area contributed by atoms with E-state index in [9.17, 15) is 0 Å². The molecule has 0 saturated carbocycles. The fourth-order valence-corrected chi connectivity index (χ4v) is 9.46. The summed E-state index contributed by atoms with van der Waals surface area (Å²) in [5.41, 5.74) is 5.32. The number of rotatable bonds is 4. The Balaban J connectivity index is 1.21. The number of thiophene rings is 1. The lowest BCUT2D eigenvalue weighted by molar-refractivity contribution is 1.08. The molecule has 0 aliphatic carbocycles. The lowest BCUT2D eigenvalue weighted by atomic mass is 9.89. The third kappa shape index (κ3) is 4.77. The van der Waals surface area contributed by atoms with E-state index >= 15 is 0 Å². The zero-order chi connectivity index (χ0) is 34.9. The molecule has 53 heavy (non-hydrogen) atoms. The molecule has 9 aromatic carbocycles. The van der Waals surface area contributed by atoms with E-state index in [-0.39, 0.29) is 0 Å². The highest BCUT2D eigenvalue weighted by molar-refractivity contribution is 7.27. The number of fused-ring (bicyclic) bond motifs is 10. The van der Waals surface area contributed by atoms with Gasteiger partial charge in [0.2, 0.25) is 0 Å². The summed E-state index contributed by atoms with van der Waals surface area (Å²) in [5.74, 6) is 1.97. The van der Waals surface area contributed by atoms with Crippen LogP contribution in [0, 0.1) is 0 Å². The van der Waals surface area contributed by atoms with Crippen molar-refractivity contribution < 1.29 is 0 Å². The molecular formula is C49H29N3S. The second-order valence-corrected chi connectivity index (χ2v) is 14.5. The van der Waals surface area contributed by atoms with Crippen molar-refractivity contribution in [3.63, 3.8) is 0 Å². The largest absolute Gasteiger partial charge is 0.208 e. The minimum absolute atomic E-state index is 0.656. The molecule has 0 unspecified atom stereocenters. The fraction of sp³-hybridized carbons (Fsp3) is 0. The first kappa shape index (κ1) is 29.9. The minimum Gasteiger partial charge on any atom is -0.208 e. The van der Waals surface area contributed by atoms with Crippen LogP contribution in [0.2, 0.25) is 0 Å². The van der Waals surface area contributed by atoms with Gasteiger partial charge in [0.05, 0.1) is 0 Å². The molecule has 0 aliphatic heterocycles. The van der Waals surface area contributed by atoms with Crippen molar-refractivity contribution in [3.05, 3.63) is 176 Å². The summed E-state index contributed by atoms with van der Waals surface area (Å²) in [6.07, 6.45) is 0. The van der Waals surface area contributed by atoms with Crippen LogP contribution in [0.15, 0.2) is 176 Å². The van der Waals surface area contributed by atoms with Crippen LogP contribution < -0.4 is 0 Å². The van der Waals surface area contributed by atoms with E-state index in [0.717, 1.165) is 27.5 Å². The first-order valence-corrected chi connectivity index (χ1v) is 18.7. The zero-order valence-electron chi connectivity index (χ0n) is 28.5. The molecule has 0 bridgehead atoms. The number of aromatic nitrogens is 3. The lowest BCUT2D eigenvalue weighted by Crippen LogP contribution is -2.00. The minimum atomic E-state index is 0.656. The van der Waals surface area contributed by atoms with Crippen LogP contribution in [-0.4, -0.2) is 15.0 Å². The standard InChI is InChI=1S/C49H29N3S/c1-3-15-32(16-4-1)47-50-48(33-17-5-2-6-18-33)52-49(51-47)40-28-27-39(37-21-11-12-22-38(37)40)42-29-34-24-23-30-13-7-9-19-35(30)43(34)46-44(42)41-26-25-31-14-8-10-20-36(31)45(41)53-46/h1-29H. The highest BCUT2D eigenvalue weighted by Gasteiger charge is 2.21. The molecule has 2 aromatic heterocycles. The van der Waals surface area contributed by atoms with E-state index in [2.05, 4.69) is 140 Å². The maximum Gasteiger partial charge on any atom is 0.164 e. The number of hydrogen-bond acceptors (Lipinski definition) is 4. The molecule has 0 radical (unpaired) electrons. The van der Waals surface area contributed by atoms with Crippen molar-refractivity contribution in [1.82, 2.24) is 15.0 Å². The average molecular weight is 692 g/mol. The van der Waals surface area contributed by atoms with Gasteiger partial charge in [-0.25, -0.2) is 15.0 Å². The molecule has 0 saturated heterocycles. The van der Waals surface area contributed by atoms with Gasteiger partial charge >= 0.3 is 0 Å². The van der Waals surface area contributed by atoms with E-state index in [4.69, 9.17) is 15.0 Å². The van der Waals surface area contributed by atoms with E-state index < -0.39 is 0 Å². The third-order valence-electron chi connectivity index (χ3n) is 10.5. The second kappa shape index (κ2) is 11.9. The molecule has 0 fully saturated rings. The molecule has 246 valence electrons. The van der Waals surface area contributed by atoms with Crippen molar-refractivity contribution in [3.8, 4) is 45.3 Å². The van der Waals surface area contributed by atoms with E-state index in [1.807, 2.05) is 47.7 Å². The summed E-state index contributed by atoms with van der Waals surface area (Å²) in [4.78, 5) is 15.2. The SMILES string of the molecule is c1ccc(-c2nc(-c3ccccc3)nc(-c3ccc(-c4cc5ccc6ccccc6c5c5sc6c7ccccc7ccc6c45)c4ccccc34)n2)cc1. The van der Waals surface area contributed by atoms with E-state index in [1.165, 1.54) is 63.6 Å². The summed E-state index contributed by atoms with van der Waals surface area (Å²) >= 11 is 1.92. The molecule has 0 amide bonds. The Morgan fingerprint density at radius 3 is 1.51 bits per heavy atom. The zero-order valence-corrected chi connectivity index (χ0v) is 29.3. The summed E-state index contributed by atoms with van der Waals surface area (Å²) in [6, 6.07) is 62.6. The first-order valence-electron chi connectivity index (χ1n) is 17.9. The summed E-state index contributed by atoms with van der Waals surface area (Å²) < 4.78 is 2.65. The predicted molar refractivity (Wildman–Crippen MR) is 224 cm³/mol. The van der Waals surface area contributed by atoms with Gasteiger partial charge in [0.1, 0.15) is 0 Å². The van der Waals surface area contributed by atoms with Crippen LogP contribution in [0.5, 0.6) is 0 Å². The van der Waals surface area contributed by atoms with Crippen molar-refractivity contribution in [2.45, 2.75) is 0 Å². The van der Waals surface area contributed by atoms with Gasteiger partial charge in [-0.15, -0.1) is 11.3 Å². The molecule has 11 rings (SSSR count). The summed E-state index contributed by atoms with van der Waals surface area (Å²) in [5, 5.41) is 12.5. The highest BCUT2D eigenvalue weighted by Crippen LogP contribution is 2.49. The van der Waals surface area contributed by atoms with Gasteiger partial charge in [0.15, 0.2) is 17.5 Å². The van der Waals surface area contributed by atoms with Gasteiger partial charge in [0, 0.05) is 42.2 Å². The molecule has 11 aromatic rings. The quantitative estimate of drug-likeness (QED) is 0.172. The van der Waals surface area contributed by atoms with Crippen LogP contribution in [0.1, 0.15) is 0 Å². The van der Waals surface area contributed by atoms with E-state index in [0.29, 0.717) is 17.5 Å². The topological polar surface area (TPSA) is 38.7 Å². The fourth-order valence-electron chi connectivity index (χ4n) is 8.03. The van der Waals surface area contributed by atoms with Crippen molar-refractivity contribution >= 4 is 74.6 Å². The van der Waals surface area contributed by atoms with Crippen LogP contribution in [-0.2, 0) is 0 Å². The lowest BCUT2D eigenvalue weighted by Gasteiger charge is -2.15. The van der Waals surface area contributed by atoms with Gasteiger partial charge < -0.3 is 0 Å². The first-order chi connectivity index (χ1) is 26.3. The van der Waals surface area contributed by atoms with Gasteiger partial charge in [-0.2, -0.15) is 0 Å². The van der Waals surface area contributed by atoms with Crippen molar-refractivity contribution in [2.75, 3.05) is 0 Å². The molecular weight excluding hydrogens is 663 g/mol. The molecule has 0 atom stereocenters. The van der Waals surface area contributed by atoms with Crippen LogP contribution in [0.4, 0.5) is 0 Å². The Morgan fingerprint density at radius 2 is 0.811 bits per heavy atom. The van der Waals surface area contributed by atoms with Gasteiger partial charge in [-0.1, -0.05) is 164 Å². The summed E-state index contributed by atoms with van der Waals surface area (Å²) in [7, 11) is 0. The molecule has 2 heterocycles. The Labute approximate surface area is 309 Å². The van der Waals surface area contributed by atoms with Crippen LogP contribution in [0.25, 0.3) is 109 Å². The maximum absolute atomic E-state index is 5.11. The number of nitrogens with zero attached hydrogens (tertiary/aromatic N) is 3. The van der Waals surface area contributed by atoms with Gasteiger partial charge in [0.25, 0.3) is 0 Å². The number of hydrogen-bond donors (Lipinski definition) is 0. The van der Waals surface area contributed by atoms with Crippen LogP contribution >= 0.6 is 11.3 Å². The Kier molecular flexibility index (Phi) is 6.73. The smallest absolute Gasteiger partial charge is 0.164 e. The van der Waals surface area contributed by atoms with Crippen molar-refractivity contribution in [1.29, 1.82) is 0 Å². The molecule has 3 nitrogen and oxygen atoms in total. The highest BCUT2D eigenvalue weighted by atomic mass is 32.1. The van der Waals surface area contributed by atoms with Crippen LogP contribution in [0.3, 0.4) is 0 Å².